The average Bonchev–Trinajstić information content (AvgIpc) is 2.57. The Kier molecular flexibility index (Phi) is 2.10. The van der Waals surface area contributed by atoms with Gasteiger partial charge in [0.25, 0.3) is 0 Å². The van der Waals surface area contributed by atoms with E-state index in [2.05, 4.69) is 24.3 Å². The van der Waals surface area contributed by atoms with Crippen molar-refractivity contribution in [3.8, 4) is 0 Å². The van der Waals surface area contributed by atoms with E-state index in [1.54, 1.807) is 14.2 Å². The average molecular weight is 178 g/mol. The van der Waals surface area contributed by atoms with Crippen LogP contribution in [0.5, 0.6) is 0 Å². The van der Waals surface area contributed by atoms with E-state index in [1.165, 1.54) is 11.1 Å². The summed E-state index contributed by atoms with van der Waals surface area (Å²) < 4.78 is 10.8. The molecule has 0 saturated carbocycles. The lowest BCUT2D eigenvalue weighted by Gasteiger charge is -2.25. The second kappa shape index (κ2) is 3.13. The highest BCUT2D eigenvalue weighted by molar-refractivity contribution is 5.34. The molecule has 0 amide bonds. The van der Waals surface area contributed by atoms with Gasteiger partial charge in [0.05, 0.1) is 0 Å². The van der Waals surface area contributed by atoms with E-state index in [0.717, 1.165) is 12.8 Å². The summed E-state index contributed by atoms with van der Waals surface area (Å²) in [5.74, 6) is -0.413. The van der Waals surface area contributed by atoms with Gasteiger partial charge in [0, 0.05) is 27.1 Å². The molecule has 13 heavy (non-hydrogen) atoms. The summed E-state index contributed by atoms with van der Waals surface area (Å²) in [7, 11) is 3.41. The number of hydrogen-bond donors (Lipinski definition) is 0. The minimum absolute atomic E-state index is 0.413. The monoisotopic (exact) mass is 178 g/mol. The van der Waals surface area contributed by atoms with Crippen LogP contribution in [-0.4, -0.2) is 20.0 Å². The molecule has 0 heterocycles. The molecule has 0 atom stereocenters. The van der Waals surface area contributed by atoms with E-state index in [-0.39, 0.29) is 0 Å². The third-order valence-corrected chi connectivity index (χ3v) is 2.78. The number of methoxy groups -OCH3 is 2. The molecule has 0 aliphatic heterocycles. The SMILES string of the molecule is COC1(OC)Cc2ccccc2C1. The Bertz CT molecular complexity index is 276. The second-order valence-corrected chi connectivity index (χ2v) is 3.44. The van der Waals surface area contributed by atoms with Crippen molar-refractivity contribution in [1.82, 2.24) is 0 Å². The van der Waals surface area contributed by atoms with Gasteiger partial charge in [0.15, 0.2) is 5.79 Å². The molecule has 0 spiro atoms. The topological polar surface area (TPSA) is 18.5 Å². The first-order valence-corrected chi connectivity index (χ1v) is 4.47. The normalized spacial score (nSPS) is 18.6. The molecule has 0 unspecified atom stereocenters. The summed E-state index contributed by atoms with van der Waals surface area (Å²) in [5, 5.41) is 0. The summed E-state index contributed by atoms with van der Waals surface area (Å²) in [6.07, 6.45) is 1.71. The fourth-order valence-corrected chi connectivity index (χ4v) is 1.92. The Morgan fingerprint density at radius 1 is 1.00 bits per heavy atom. The summed E-state index contributed by atoms with van der Waals surface area (Å²) >= 11 is 0. The molecule has 70 valence electrons. The molecule has 1 aliphatic carbocycles. The summed E-state index contributed by atoms with van der Waals surface area (Å²) in [4.78, 5) is 0. The Hall–Kier alpha value is -0.860. The van der Waals surface area contributed by atoms with Crippen molar-refractivity contribution in [2.75, 3.05) is 14.2 Å². The van der Waals surface area contributed by atoms with Crippen molar-refractivity contribution in [3.63, 3.8) is 0 Å². The number of rotatable bonds is 2. The molecule has 0 aromatic heterocycles. The summed E-state index contributed by atoms with van der Waals surface area (Å²) in [5.41, 5.74) is 2.68. The quantitative estimate of drug-likeness (QED) is 0.643. The van der Waals surface area contributed by atoms with Crippen LogP contribution >= 0.6 is 0 Å². The number of ether oxygens (including phenoxy) is 2. The lowest BCUT2D eigenvalue weighted by Crippen LogP contribution is -2.34. The standard InChI is InChI=1S/C11H14O2/c1-12-11(13-2)7-9-5-3-4-6-10(9)8-11/h3-6H,7-8H2,1-2H3. The molecule has 0 N–H and O–H groups in total. The Labute approximate surface area is 78.5 Å². The predicted octanol–water partition coefficient (Wildman–Crippen LogP) is 1.77. The van der Waals surface area contributed by atoms with Crippen molar-refractivity contribution >= 4 is 0 Å². The van der Waals surface area contributed by atoms with Gasteiger partial charge in [-0.1, -0.05) is 24.3 Å². The van der Waals surface area contributed by atoms with E-state index < -0.39 is 5.79 Å². The Morgan fingerprint density at radius 2 is 1.46 bits per heavy atom. The zero-order valence-corrected chi connectivity index (χ0v) is 8.04. The molecule has 0 bridgehead atoms. The van der Waals surface area contributed by atoms with Gasteiger partial charge >= 0.3 is 0 Å². The van der Waals surface area contributed by atoms with Crippen LogP contribution in [0.1, 0.15) is 11.1 Å². The first-order chi connectivity index (χ1) is 6.29. The molecule has 2 nitrogen and oxygen atoms in total. The van der Waals surface area contributed by atoms with Crippen molar-refractivity contribution in [2.24, 2.45) is 0 Å². The molecule has 1 aromatic rings. The van der Waals surface area contributed by atoms with Crippen LogP contribution in [0, 0.1) is 0 Å². The van der Waals surface area contributed by atoms with E-state index in [9.17, 15) is 0 Å². The van der Waals surface area contributed by atoms with Gasteiger partial charge in [0.2, 0.25) is 0 Å². The lowest BCUT2D eigenvalue weighted by atomic mass is 10.1. The highest BCUT2D eigenvalue weighted by Gasteiger charge is 2.36. The number of fused-ring (bicyclic) bond motifs is 1. The van der Waals surface area contributed by atoms with E-state index in [0.29, 0.717) is 0 Å². The fraction of sp³-hybridized carbons (Fsp3) is 0.455. The second-order valence-electron chi connectivity index (χ2n) is 3.44. The van der Waals surface area contributed by atoms with Crippen LogP contribution in [0.3, 0.4) is 0 Å². The third-order valence-electron chi connectivity index (χ3n) is 2.78. The molecule has 1 aliphatic rings. The third kappa shape index (κ3) is 1.36. The maximum Gasteiger partial charge on any atom is 0.175 e. The molecule has 2 heteroatoms. The van der Waals surface area contributed by atoms with E-state index in [1.807, 2.05) is 0 Å². The molecule has 0 fully saturated rings. The highest BCUT2D eigenvalue weighted by Crippen LogP contribution is 2.32. The maximum absolute atomic E-state index is 5.41. The molecular formula is C11H14O2. The fourth-order valence-electron chi connectivity index (χ4n) is 1.92. The predicted molar refractivity (Wildman–Crippen MR) is 50.6 cm³/mol. The number of hydrogen-bond acceptors (Lipinski definition) is 2. The molecule has 0 saturated heterocycles. The molecule has 2 rings (SSSR count). The van der Waals surface area contributed by atoms with E-state index in [4.69, 9.17) is 9.47 Å². The first kappa shape index (κ1) is 8.73. The Balaban J connectivity index is 2.30. The minimum Gasteiger partial charge on any atom is -0.353 e. The van der Waals surface area contributed by atoms with Crippen LogP contribution < -0.4 is 0 Å². The van der Waals surface area contributed by atoms with Gasteiger partial charge in [-0.25, -0.2) is 0 Å². The summed E-state index contributed by atoms with van der Waals surface area (Å²) in [6.45, 7) is 0. The van der Waals surface area contributed by atoms with Crippen LogP contribution in [-0.2, 0) is 22.3 Å². The summed E-state index contributed by atoms with van der Waals surface area (Å²) in [6, 6.07) is 8.38. The van der Waals surface area contributed by atoms with Gasteiger partial charge in [-0.05, 0) is 11.1 Å². The molecule has 1 aromatic carbocycles. The maximum atomic E-state index is 5.41. The minimum atomic E-state index is -0.413. The van der Waals surface area contributed by atoms with Gasteiger partial charge in [-0.3, -0.25) is 0 Å². The van der Waals surface area contributed by atoms with Crippen molar-refractivity contribution < 1.29 is 9.47 Å². The lowest BCUT2D eigenvalue weighted by molar-refractivity contribution is -0.198. The zero-order chi connectivity index (χ0) is 9.31. The van der Waals surface area contributed by atoms with Crippen molar-refractivity contribution in [1.29, 1.82) is 0 Å². The van der Waals surface area contributed by atoms with Crippen LogP contribution in [0.25, 0.3) is 0 Å². The van der Waals surface area contributed by atoms with Crippen molar-refractivity contribution in [2.45, 2.75) is 18.6 Å². The Morgan fingerprint density at radius 3 is 1.85 bits per heavy atom. The zero-order valence-electron chi connectivity index (χ0n) is 8.04. The molecular weight excluding hydrogens is 164 g/mol. The largest absolute Gasteiger partial charge is 0.353 e. The van der Waals surface area contributed by atoms with Crippen LogP contribution in [0.4, 0.5) is 0 Å². The highest BCUT2D eigenvalue weighted by atomic mass is 16.7. The van der Waals surface area contributed by atoms with Gasteiger partial charge < -0.3 is 9.47 Å². The van der Waals surface area contributed by atoms with E-state index >= 15 is 0 Å². The number of benzene rings is 1. The van der Waals surface area contributed by atoms with Gasteiger partial charge in [-0.15, -0.1) is 0 Å². The van der Waals surface area contributed by atoms with Crippen LogP contribution in [0.2, 0.25) is 0 Å². The van der Waals surface area contributed by atoms with Crippen molar-refractivity contribution in [3.05, 3.63) is 35.4 Å². The van der Waals surface area contributed by atoms with Gasteiger partial charge in [-0.2, -0.15) is 0 Å². The van der Waals surface area contributed by atoms with Gasteiger partial charge in [0.1, 0.15) is 0 Å². The van der Waals surface area contributed by atoms with Crippen LogP contribution in [0.15, 0.2) is 24.3 Å². The first-order valence-electron chi connectivity index (χ1n) is 4.47. The smallest absolute Gasteiger partial charge is 0.175 e. The molecule has 0 radical (unpaired) electrons.